The second-order valence-electron chi connectivity index (χ2n) is 6.51. The Kier molecular flexibility index (Phi) is 5.05. The third-order valence-electron chi connectivity index (χ3n) is 4.40. The fraction of sp³-hybridized carbons (Fsp3) is 0.368. The minimum absolute atomic E-state index is 0.00742. The number of rotatable bonds is 3. The first-order valence-electron chi connectivity index (χ1n) is 8.31. The molecule has 5 heteroatoms. The average molecular weight is 344 g/mol. The molecule has 2 aromatic rings. The molecule has 1 aromatic carbocycles. The Labute approximate surface area is 147 Å². The normalized spacial score (nSPS) is 17.6. The topological polar surface area (TPSA) is 45.2 Å². The Hall–Kier alpha value is -2.07. The number of hydrogen-bond donors (Lipinski definition) is 1. The van der Waals surface area contributed by atoms with Gasteiger partial charge < -0.3 is 10.2 Å². The number of amides is 1. The van der Waals surface area contributed by atoms with E-state index in [9.17, 15) is 4.79 Å². The summed E-state index contributed by atoms with van der Waals surface area (Å²) in [5.41, 5.74) is 3.34. The molecule has 0 aliphatic carbocycles. The molecule has 0 spiro atoms. The van der Waals surface area contributed by atoms with E-state index in [1.807, 2.05) is 42.2 Å². The number of anilines is 2. The van der Waals surface area contributed by atoms with Crippen molar-refractivity contribution in [3.8, 4) is 0 Å². The van der Waals surface area contributed by atoms with Crippen LogP contribution in [0, 0.1) is 12.8 Å². The van der Waals surface area contributed by atoms with Crippen LogP contribution in [0.5, 0.6) is 0 Å². The van der Waals surface area contributed by atoms with E-state index in [2.05, 4.69) is 17.2 Å². The van der Waals surface area contributed by atoms with Crippen LogP contribution >= 0.6 is 11.6 Å². The van der Waals surface area contributed by atoms with Gasteiger partial charge in [-0.2, -0.15) is 0 Å². The number of nitrogens with zero attached hydrogens (tertiary/aromatic N) is 2. The largest absolute Gasteiger partial charge is 0.355 e. The Morgan fingerprint density at radius 3 is 2.96 bits per heavy atom. The first-order valence-corrected chi connectivity index (χ1v) is 8.69. The molecule has 1 aliphatic heterocycles. The number of pyridine rings is 1. The fourth-order valence-corrected chi connectivity index (χ4v) is 3.22. The SMILES string of the molecule is Cc1ccc(Cl)cc1Nc1ccnc(C(=O)N2CCCC(C)C2)c1. The lowest BCUT2D eigenvalue weighted by Crippen LogP contribution is -2.39. The van der Waals surface area contributed by atoms with Crippen molar-refractivity contribution < 1.29 is 4.79 Å². The second kappa shape index (κ2) is 7.22. The number of carbonyl (C=O) groups excluding carboxylic acids is 1. The molecular weight excluding hydrogens is 322 g/mol. The van der Waals surface area contributed by atoms with Gasteiger partial charge in [-0.25, -0.2) is 0 Å². The lowest BCUT2D eigenvalue weighted by molar-refractivity contribution is 0.0677. The van der Waals surface area contributed by atoms with E-state index in [0.717, 1.165) is 36.4 Å². The van der Waals surface area contributed by atoms with Gasteiger partial charge in [0, 0.05) is 35.7 Å². The molecule has 1 amide bonds. The van der Waals surface area contributed by atoms with Crippen LogP contribution in [0.3, 0.4) is 0 Å². The molecule has 0 radical (unpaired) electrons. The van der Waals surface area contributed by atoms with Gasteiger partial charge in [0.05, 0.1) is 0 Å². The summed E-state index contributed by atoms with van der Waals surface area (Å²) in [6.45, 7) is 5.83. The molecule has 126 valence electrons. The molecule has 1 aliphatic rings. The average Bonchev–Trinajstić information content (AvgIpc) is 2.58. The van der Waals surface area contributed by atoms with Crippen LogP contribution in [0.4, 0.5) is 11.4 Å². The zero-order chi connectivity index (χ0) is 17.1. The smallest absolute Gasteiger partial charge is 0.272 e. The second-order valence-corrected chi connectivity index (χ2v) is 6.95. The number of halogens is 1. The third kappa shape index (κ3) is 3.88. The van der Waals surface area contributed by atoms with Crippen LogP contribution < -0.4 is 5.32 Å². The predicted octanol–water partition coefficient (Wildman–Crippen LogP) is 4.66. The van der Waals surface area contributed by atoms with Crippen molar-refractivity contribution in [2.45, 2.75) is 26.7 Å². The van der Waals surface area contributed by atoms with Gasteiger partial charge in [0.15, 0.2) is 0 Å². The van der Waals surface area contributed by atoms with Gasteiger partial charge >= 0.3 is 0 Å². The summed E-state index contributed by atoms with van der Waals surface area (Å²) in [5, 5.41) is 4.00. The summed E-state index contributed by atoms with van der Waals surface area (Å²) >= 11 is 6.07. The third-order valence-corrected chi connectivity index (χ3v) is 4.64. The molecular formula is C19H22ClN3O. The highest BCUT2D eigenvalue weighted by Gasteiger charge is 2.23. The van der Waals surface area contributed by atoms with Crippen molar-refractivity contribution in [1.29, 1.82) is 0 Å². The van der Waals surface area contributed by atoms with Crippen LogP contribution in [-0.4, -0.2) is 28.9 Å². The van der Waals surface area contributed by atoms with Gasteiger partial charge in [0.1, 0.15) is 5.69 Å². The number of carbonyl (C=O) groups is 1. The van der Waals surface area contributed by atoms with Crippen molar-refractivity contribution in [2.75, 3.05) is 18.4 Å². The van der Waals surface area contributed by atoms with Gasteiger partial charge in [0.25, 0.3) is 5.91 Å². The van der Waals surface area contributed by atoms with Gasteiger partial charge in [-0.15, -0.1) is 0 Å². The van der Waals surface area contributed by atoms with Crippen molar-refractivity contribution in [3.05, 3.63) is 52.8 Å². The standard InChI is InChI=1S/C19H22ClN3O/c1-13-4-3-9-23(12-13)19(24)18-11-16(7-8-21-18)22-17-10-15(20)6-5-14(17)2/h5-8,10-11,13H,3-4,9,12H2,1-2H3,(H,21,22). The Balaban J connectivity index is 1.78. The maximum absolute atomic E-state index is 12.7. The first-order chi connectivity index (χ1) is 11.5. The molecule has 2 heterocycles. The predicted molar refractivity (Wildman–Crippen MR) is 98.0 cm³/mol. The zero-order valence-corrected chi connectivity index (χ0v) is 14.8. The number of hydrogen-bond acceptors (Lipinski definition) is 3. The number of piperidine rings is 1. The molecule has 0 saturated carbocycles. The van der Waals surface area contributed by atoms with Crippen molar-refractivity contribution in [1.82, 2.24) is 9.88 Å². The molecule has 0 bridgehead atoms. The van der Waals surface area contributed by atoms with E-state index in [-0.39, 0.29) is 5.91 Å². The minimum Gasteiger partial charge on any atom is -0.355 e. The van der Waals surface area contributed by atoms with Crippen LogP contribution in [-0.2, 0) is 0 Å². The van der Waals surface area contributed by atoms with E-state index >= 15 is 0 Å². The molecule has 1 aromatic heterocycles. The molecule has 1 N–H and O–H groups in total. The number of aryl methyl sites for hydroxylation is 1. The number of nitrogens with one attached hydrogen (secondary N) is 1. The van der Waals surface area contributed by atoms with Gasteiger partial charge in [-0.05, 0) is 55.5 Å². The Morgan fingerprint density at radius 1 is 1.33 bits per heavy atom. The lowest BCUT2D eigenvalue weighted by Gasteiger charge is -2.30. The van der Waals surface area contributed by atoms with E-state index < -0.39 is 0 Å². The highest BCUT2D eigenvalue weighted by atomic mass is 35.5. The Bertz CT molecular complexity index is 747. The molecule has 24 heavy (non-hydrogen) atoms. The first kappa shape index (κ1) is 16.8. The summed E-state index contributed by atoms with van der Waals surface area (Å²) in [6, 6.07) is 9.37. The van der Waals surface area contributed by atoms with E-state index in [1.165, 1.54) is 6.42 Å². The fourth-order valence-electron chi connectivity index (χ4n) is 3.05. The molecule has 3 rings (SSSR count). The van der Waals surface area contributed by atoms with Crippen LogP contribution in [0.25, 0.3) is 0 Å². The quantitative estimate of drug-likeness (QED) is 0.881. The monoisotopic (exact) mass is 343 g/mol. The molecule has 1 fully saturated rings. The summed E-state index contributed by atoms with van der Waals surface area (Å²) in [4.78, 5) is 18.9. The summed E-state index contributed by atoms with van der Waals surface area (Å²) in [5.74, 6) is 0.561. The molecule has 1 saturated heterocycles. The Morgan fingerprint density at radius 2 is 2.17 bits per heavy atom. The van der Waals surface area contributed by atoms with Crippen molar-refractivity contribution >= 4 is 28.9 Å². The van der Waals surface area contributed by atoms with Crippen LogP contribution in [0.2, 0.25) is 5.02 Å². The molecule has 1 atom stereocenters. The lowest BCUT2D eigenvalue weighted by atomic mass is 10.00. The van der Waals surface area contributed by atoms with Gasteiger partial charge in [-0.1, -0.05) is 24.6 Å². The van der Waals surface area contributed by atoms with E-state index in [4.69, 9.17) is 11.6 Å². The zero-order valence-electron chi connectivity index (χ0n) is 14.1. The van der Waals surface area contributed by atoms with E-state index in [0.29, 0.717) is 16.6 Å². The minimum atomic E-state index is 0.00742. The highest BCUT2D eigenvalue weighted by molar-refractivity contribution is 6.30. The maximum Gasteiger partial charge on any atom is 0.272 e. The summed E-state index contributed by atoms with van der Waals surface area (Å²) in [7, 11) is 0. The van der Waals surface area contributed by atoms with Crippen molar-refractivity contribution in [2.24, 2.45) is 5.92 Å². The summed E-state index contributed by atoms with van der Waals surface area (Å²) < 4.78 is 0. The maximum atomic E-state index is 12.7. The van der Waals surface area contributed by atoms with Gasteiger partial charge in [-0.3, -0.25) is 9.78 Å². The van der Waals surface area contributed by atoms with Crippen LogP contribution in [0.15, 0.2) is 36.5 Å². The highest BCUT2D eigenvalue weighted by Crippen LogP contribution is 2.25. The number of benzene rings is 1. The summed E-state index contributed by atoms with van der Waals surface area (Å²) in [6.07, 6.45) is 3.92. The van der Waals surface area contributed by atoms with Crippen molar-refractivity contribution in [3.63, 3.8) is 0 Å². The molecule has 1 unspecified atom stereocenters. The van der Waals surface area contributed by atoms with E-state index in [1.54, 1.807) is 6.20 Å². The number of likely N-dealkylation sites (tertiary alicyclic amines) is 1. The number of aromatic nitrogens is 1. The molecule has 4 nitrogen and oxygen atoms in total. The van der Waals surface area contributed by atoms with Gasteiger partial charge in [0.2, 0.25) is 0 Å². The van der Waals surface area contributed by atoms with Crippen LogP contribution in [0.1, 0.15) is 35.8 Å².